The van der Waals surface area contributed by atoms with Gasteiger partial charge in [0.1, 0.15) is 0 Å². The van der Waals surface area contributed by atoms with Gasteiger partial charge < -0.3 is 15.1 Å². The molecule has 2 atom stereocenters. The molecule has 94 valence electrons. The zero-order chi connectivity index (χ0) is 11.4. The van der Waals surface area contributed by atoms with E-state index >= 15 is 0 Å². The molecule has 0 aromatic heterocycles. The van der Waals surface area contributed by atoms with Crippen LogP contribution in [0.25, 0.3) is 0 Å². The van der Waals surface area contributed by atoms with Crippen molar-refractivity contribution < 1.29 is 0 Å². The van der Waals surface area contributed by atoms with Crippen LogP contribution in [0, 0.1) is 5.92 Å². The summed E-state index contributed by atoms with van der Waals surface area (Å²) in [6.45, 7) is 9.72. The number of nitrogens with one attached hydrogen (secondary N) is 1. The smallest absolute Gasteiger partial charge is 0.0110 e. The minimum Gasteiger partial charge on any atom is -0.314 e. The highest BCUT2D eigenvalue weighted by molar-refractivity contribution is 4.85. The van der Waals surface area contributed by atoms with E-state index in [0.717, 1.165) is 18.5 Å². The molecule has 1 heterocycles. The molecule has 3 heteroatoms. The Bertz CT molecular complexity index is 199. The van der Waals surface area contributed by atoms with Crippen molar-refractivity contribution in [2.45, 2.75) is 32.2 Å². The Morgan fingerprint density at radius 3 is 2.56 bits per heavy atom. The van der Waals surface area contributed by atoms with E-state index in [1.165, 1.54) is 52.0 Å². The van der Waals surface area contributed by atoms with Gasteiger partial charge in [-0.25, -0.2) is 0 Å². The van der Waals surface area contributed by atoms with Crippen molar-refractivity contribution >= 4 is 0 Å². The molecular weight excluding hydrogens is 198 g/mol. The molecule has 1 N–H and O–H groups in total. The zero-order valence-corrected chi connectivity index (χ0v) is 10.9. The molecule has 2 aliphatic rings. The van der Waals surface area contributed by atoms with Gasteiger partial charge in [0.25, 0.3) is 0 Å². The summed E-state index contributed by atoms with van der Waals surface area (Å²) in [4.78, 5) is 5.10. The van der Waals surface area contributed by atoms with E-state index in [1.807, 2.05) is 0 Å². The molecule has 0 aromatic rings. The Hall–Kier alpha value is -0.120. The normalized spacial score (nSPS) is 33.4. The highest BCUT2D eigenvalue weighted by Crippen LogP contribution is 2.26. The van der Waals surface area contributed by atoms with Crippen molar-refractivity contribution in [3.8, 4) is 0 Å². The topological polar surface area (TPSA) is 18.5 Å². The van der Waals surface area contributed by atoms with Crippen LogP contribution in [0.2, 0.25) is 0 Å². The average Bonchev–Trinajstić information content (AvgIpc) is 2.70. The minimum atomic E-state index is 0.796. The standard InChI is InChI=1S/C13H27N3/c1-3-14-13-6-4-5-12(13)11-16-9-7-15(2)8-10-16/h12-14H,3-11H2,1-2H3. The van der Waals surface area contributed by atoms with Gasteiger partial charge in [-0.3, -0.25) is 0 Å². The summed E-state index contributed by atoms with van der Waals surface area (Å²) < 4.78 is 0. The number of hydrogen-bond donors (Lipinski definition) is 1. The van der Waals surface area contributed by atoms with Crippen molar-refractivity contribution in [2.24, 2.45) is 5.92 Å². The van der Waals surface area contributed by atoms with Crippen LogP contribution < -0.4 is 5.32 Å². The predicted molar refractivity (Wildman–Crippen MR) is 68.7 cm³/mol. The first kappa shape index (κ1) is 12.3. The maximum atomic E-state index is 3.66. The summed E-state index contributed by atoms with van der Waals surface area (Å²) in [6, 6.07) is 0.796. The third-order valence-corrected chi connectivity index (χ3v) is 4.21. The summed E-state index contributed by atoms with van der Waals surface area (Å²) in [6.07, 6.45) is 4.26. The lowest BCUT2D eigenvalue weighted by Crippen LogP contribution is -2.48. The molecule has 1 saturated heterocycles. The van der Waals surface area contributed by atoms with Gasteiger partial charge in [-0.15, -0.1) is 0 Å². The van der Waals surface area contributed by atoms with Gasteiger partial charge >= 0.3 is 0 Å². The van der Waals surface area contributed by atoms with Crippen LogP contribution in [-0.2, 0) is 0 Å². The number of nitrogens with zero attached hydrogens (tertiary/aromatic N) is 2. The van der Waals surface area contributed by atoms with E-state index in [1.54, 1.807) is 0 Å². The molecule has 16 heavy (non-hydrogen) atoms. The molecule has 2 fully saturated rings. The quantitative estimate of drug-likeness (QED) is 0.770. The van der Waals surface area contributed by atoms with Gasteiger partial charge in [-0.2, -0.15) is 0 Å². The summed E-state index contributed by atoms with van der Waals surface area (Å²) in [5.74, 6) is 0.906. The molecule has 3 nitrogen and oxygen atoms in total. The molecule has 0 radical (unpaired) electrons. The summed E-state index contributed by atoms with van der Waals surface area (Å²) in [7, 11) is 2.23. The van der Waals surface area contributed by atoms with E-state index in [0.29, 0.717) is 0 Å². The fraction of sp³-hybridized carbons (Fsp3) is 1.00. The van der Waals surface area contributed by atoms with Crippen LogP contribution in [0.3, 0.4) is 0 Å². The maximum absolute atomic E-state index is 3.66. The van der Waals surface area contributed by atoms with Crippen LogP contribution in [0.5, 0.6) is 0 Å². The molecule has 0 bridgehead atoms. The highest BCUT2D eigenvalue weighted by Gasteiger charge is 2.28. The summed E-state index contributed by atoms with van der Waals surface area (Å²) in [5.41, 5.74) is 0. The fourth-order valence-electron chi connectivity index (χ4n) is 3.15. The van der Waals surface area contributed by atoms with Crippen molar-refractivity contribution in [2.75, 3.05) is 46.3 Å². The third-order valence-electron chi connectivity index (χ3n) is 4.21. The Morgan fingerprint density at radius 1 is 1.12 bits per heavy atom. The predicted octanol–water partition coefficient (Wildman–Crippen LogP) is 1.01. The van der Waals surface area contributed by atoms with Crippen LogP contribution in [0.4, 0.5) is 0 Å². The Kier molecular flexibility index (Phi) is 4.62. The van der Waals surface area contributed by atoms with E-state index in [9.17, 15) is 0 Å². The number of rotatable bonds is 4. The SMILES string of the molecule is CCNC1CCCC1CN1CCN(C)CC1. The third kappa shape index (κ3) is 3.19. The lowest BCUT2D eigenvalue weighted by atomic mass is 10.0. The molecule has 1 aliphatic carbocycles. The second-order valence-electron chi connectivity index (χ2n) is 5.46. The molecular formula is C13H27N3. The Morgan fingerprint density at radius 2 is 1.88 bits per heavy atom. The first-order valence-corrected chi connectivity index (χ1v) is 6.94. The maximum Gasteiger partial charge on any atom is 0.0110 e. The zero-order valence-electron chi connectivity index (χ0n) is 10.9. The molecule has 0 aromatic carbocycles. The minimum absolute atomic E-state index is 0.796. The Balaban J connectivity index is 1.75. The largest absolute Gasteiger partial charge is 0.314 e. The number of hydrogen-bond acceptors (Lipinski definition) is 3. The average molecular weight is 225 g/mol. The van der Waals surface area contributed by atoms with Crippen molar-refractivity contribution in [3.63, 3.8) is 0 Å². The second kappa shape index (κ2) is 5.99. The van der Waals surface area contributed by atoms with Gasteiger partial charge in [0.15, 0.2) is 0 Å². The lowest BCUT2D eigenvalue weighted by Gasteiger charge is -2.35. The van der Waals surface area contributed by atoms with Gasteiger partial charge in [0.05, 0.1) is 0 Å². The van der Waals surface area contributed by atoms with Crippen LogP contribution in [-0.4, -0.2) is 62.2 Å². The van der Waals surface area contributed by atoms with Crippen molar-refractivity contribution in [3.05, 3.63) is 0 Å². The molecule has 2 unspecified atom stereocenters. The highest BCUT2D eigenvalue weighted by atomic mass is 15.2. The van der Waals surface area contributed by atoms with Crippen LogP contribution >= 0.6 is 0 Å². The van der Waals surface area contributed by atoms with Gasteiger partial charge in [0.2, 0.25) is 0 Å². The molecule has 1 saturated carbocycles. The van der Waals surface area contributed by atoms with Crippen LogP contribution in [0.1, 0.15) is 26.2 Å². The van der Waals surface area contributed by atoms with Gasteiger partial charge in [0, 0.05) is 38.8 Å². The van der Waals surface area contributed by atoms with E-state index in [2.05, 4.69) is 29.1 Å². The first-order valence-electron chi connectivity index (χ1n) is 6.94. The van der Waals surface area contributed by atoms with Crippen LogP contribution in [0.15, 0.2) is 0 Å². The van der Waals surface area contributed by atoms with E-state index < -0.39 is 0 Å². The second-order valence-corrected chi connectivity index (χ2v) is 5.46. The summed E-state index contributed by atoms with van der Waals surface area (Å²) >= 11 is 0. The van der Waals surface area contributed by atoms with Gasteiger partial charge in [-0.05, 0) is 32.4 Å². The summed E-state index contributed by atoms with van der Waals surface area (Å²) in [5, 5.41) is 3.66. The molecule has 0 spiro atoms. The monoisotopic (exact) mass is 225 g/mol. The first-order chi connectivity index (χ1) is 7.79. The Labute approximate surface area is 100 Å². The molecule has 1 aliphatic heterocycles. The van der Waals surface area contributed by atoms with Crippen molar-refractivity contribution in [1.29, 1.82) is 0 Å². The van der Waals surface area contributed by atoms with E-state index in [4.69, 9.17) is 0 Å². The lowest BCUT2D eigenvalue weighted by molar-refractivity contribution is 0.130. The molecule has 0 amide bonds. The number of likely N-dealkylation sites (N-methyl/N-ethyl adjacent to an activating group) is 1. The fourth-order valence-corrected chi connectivity index (χ4v) is 3.15. The molecule has 2 rings (SSSR count). The van der Waals surface area contributed by atoms with Crippen molar-refractivity contribution in [1.82, 2.24) is 15.1 Å². The van der Waals surface area contributed by atoms with Gasteiger partial charge in [-0.1, -0.05) is 13.3 Å². The van der Waals surface area contributed by atoms with E-state index in [-0.39, 0.29) is 0 Å². The number of piperazine rings is 1.